The van der Waals surface area contributed by atoms with Crippen LogP contribution in [-0.4, -0.2) is 10.2 Å². The molecule has 0 atom stereocenters. The molecule has 28 heavy (non-hydrogen) atoms. The second-order valence-electron chi connectivity index (χ2n) is 8.09. The number of benzene rings is 3. The fraction of sp³-hybridized carbons (Fsp3) is 0.308. The van der Waals surface area contributed by atoms with Crippen molar-refractivity contribution in [3.05, 3.63) is 83.9 Å². The third-order valence-corrected chi connectivity index (χ3v) is 6.21. The van der Waals surface area contributed by atoms with Gasteiger partial charge in [-0.3, -0.25) is 0 Å². The molecule has 1 aliphatic rings. The summed E-state index contributed by atoms with van der Waals surface area (Å²) in [6.07, 6.45) is 7.53. The molecule has 3 aromatic carbocycles. The van der Waals surface area contributed by atoms with Gasteiger partial charge < -0.3 is 10.2 Å². The molecule has 0 aromatic heterocycles. The van der Waals surface area contributed by atoms with Crippen LogP contribution >= 0.6 is 0 Å². The van der Waals surface area contributed by atoms with Gasteiger partial charge >= 0.3 is 0 Å². The van der Waals surface area contributed by atoms with Gasteiger partial charge in [0.05, 0.1) is 0 Å². The molecular formula is C26H28O2. The molecule has 144 valence electrons. The van der Waals surface area contributed by atoms with Gasteiger partial charge in [0.15, 0.2) is 0 Å². The summed E-state index contributed by atoms with van der Waals surface area (Å²) in [4.78, 5) is 0. The molecule has 0 spiro atoms. The van der Waals surface area contributed by atoms with Gasteiger partial charge in [0.1, 0.15) is 11.5 Å². The molecule has 0 radical (unpaired) electrons. The summed E-state index contributed by atoms with van der Waals surface area (Å²) in [5, 5.41) is 18.9. The quantitative estimate of drug-likeness (QED) is 0.525. The summed E-state index contributed by atoms with van der Waals surface area (Å²) >= 11 is 0. The van der Waals surface area contributed by atoms with Gasteiger partial charge in [-0.1, -0.05) is 48.5 Å². The van der Waals surface area contributed by atoms with Gasteiger partial charge in [-0.15, -0.1) is 0 Å². The van der Waals surface area contributed by atoms with Crippen molar-refractivity contribution in [2.75, 3.05) is 0 Å². The van der Waals surface area contributed by atoms with E-state index in [1.807, 2.05) is 24.3 Å². The maximum atomic E-state index is 9.46. The molecule has 2 nitrogen and oxygen atoms in total. The average Bonchev–Trinajstić information content (AvgIpc) is 2.74. The highest BCUT2D eigenvalue weighted by molar-refractivity contribution is 5.64. The second kappa shape index (κ2) is 8.52. The molecular weight excluding hydrogens is 344 g/mol. The Bertz CT molecular complexity index is 871. The van der Waals surface area contributed by atoms with Crippen molar-refractivity contribution in [2.24, 2.45) is 5.92 Å². The number of rotatable bonds is 5. The third-order valence-electron chi connectivity index (χ3n) is 6.21. The first-order valence-corrected chi connectivity index (χ1v) is 10.3. The molecule has 4 rings (SSSR count). The Morgan fingerprint density at radius 1 is 0.607 bits per heavy atom. The van der Waals surface area contributed by atoms with Crippen molar-refractivity contribution in [2.45, 2.75) is 44.4 Å². The van der Waals surface area contributed by atoms with Crippen LogP contribution in [-0.2, 0) is 6.42 Å². The fourth-order valence-corrected chi connectivity index (χ4v) is 4.42. The highest BCUT2D eigenvalue weighted by atomic mass is 16.3. The Balaban J connectivity index is 1.27. The Hall–Kier alpha value is -2.74. The molecule has 0 amide bonds. The zero-order valence-electron chi connectivity index (χ0n) is 16.2. The highest BCUT2D eigenvalue weighted by Gasteiger charge is 2.22. The predicted molar refractivity (Wildman–Crippen MR) is 115 cm³/mol. The van der Waals surface area contributed by atoms with Crippen molar-refractivity contribution in [3.8, 4) is 22.6 Å². The first kappa shape index (κ1) is 18.6. The molecule has 2 heteroatoms. The van der Waals surface area contributed by atoms with Crippen LogP contribution in [0, 0.1) is 5.92 Å². The van der Waals surface area contributed by atoms with Crippen LogP contribution < -0.4 is 0 Å². The monoisotopic (exact) mass is 372 g/mol. The molecule has 0 saturated heterocycles. The average molecular weight is 373 g/mol. The van der Waals surface area contributed by atoms with Crippen LogP contribution in [0.4, 0.5) is 0 Å². The lowest BCUT2D eigenvalue weighted by Gasteiger charge is -2.29. The van der Waals surface area contributed by atoms with Crippen LogP contribution in [0.25, 0.3) is 11.1 Å². The van der Waals surface area contributed by atoms with E-state index in [2.05, 4.69) is 36.4 Å². The Kier molecular flexibility index (Phi) is 5.66. The van der Waals surface area contributed by atoms with Crippen LogP contribution in [0.1, 0.15) is 49.1 Å². The van der Waals surface area contributed by atoms with Crippen molar-refractivity contribution in [3.63, 3.8) is 0 Å². The van der Waals surface area contributed by atoms with Gasteiger partial charge in [-0.05, 0) is 96.9 Å². The zero-order valence-corrected chi connectivity index (χ0v) is 16.2. The number of aryl methyl sites for hydroxylation is 1. The van der Waals surface area contributed by atoms with Gasteiger partial charge in [0.2, 0.25) is 0 Å². The third kappa shape index (κ3) is 4.56. The van der Waals surface area contributed by atoms with E-state index in [1.165, 1.54) is 48.8 Å². The van der Waals surface area contributed by atoms with Crippen molar-refractivity contribution in [1.82, 2.24) is 0 Å². The number of aromatic hydroxyl groups is 2. The Morgan fingerprint density at radius 3 is 1.68 bits per heavy atom. The lowest BCUT2D eigenvalue weighted by atomic mass is 9.77. The lowest BCUT2D eigenvalue weighted by molar-refractivity contribution is 0.310. The molecule has 2 N–H and O–H groups in total. The minimum atomic E-state index is 0.306. The summed E-state index contributed by atoms with van der Waals surface area (Å²) in [7, 11) is 0. The maximum Gasteiger partial charge on any atom is 0.115 e. The lowest BCUT2D eigenvalue weighted by Crippen LogP contribution is -2.14. The zero-order chi connectivity index (χ0) is 19.3. The van der Waals surface area contributed by atoms with Gasteiger partial charge in [-0.2, -0.15) is 0 Å². The number of hydrogen-bond acceptors (Lipinski definition) is 2. The normalized spacial score (nSPS) is 19.4. The van der Waals surface area contributed by atoms with Crippen LogP contribution in [0.3, 0.4) is 0 Å². The Morgan fingerprint density at radius 2 is 1.11 bits per heavy atom. The van der Waals surface area contributed by atoms with E-state index in [1.54, 1.807) is 12.1 Å². The van der Waals surface area contributed by atoms with Crippen LogP contribution in [0.2, 0.25) is 0 Å². The summed E-state index contributed by atoms with van der Waals surface area (Å²) < 4.78 is 0. The SMILES string of the molecule is Oc1ccc(-c2ccc(CCC3CCC(c4ccc(O)cc4)CC3)cc2)cc1. The topological polar surface area (TPSA) is 40.5 Å². The van der Waals surface area contributed by atoms with E-state index in [0.29, 0.717) is 17.4 Å². The fourth-order valence-electron chi connectivity index (χ4n) is 4.42. The minimum Gasteiger partial charge on any atom is -0.508 e. The summed E-state index contributed by atoms with van der Waals surface area (Å²) in [6, 6.07) is 24.0. The molecule has 1 aliphatic carbocycles. The van der Waals surface area contributed by atoms with E-state index in [0.717, 1.165) is 17.9 Å². The highest BCUT2D eigenvalue weighted by Crippen LogP contribution is 2.38. The molecule has 1 fully saturated rings. The summed E-state index contributed by atoms with van der Waals surface area (Å²) in [5.41, 5.74) is 5.11. The van der Waals surface area contributed by atoms with Crippen LogP contribution in [0.15, 0.2) is 72.8 Å². The number of phenolic OH excluding ortho intramolecular Hbond substituents is 2. The maximum absolute atomic E-state index is 9.46. The van der Waals surface area contributed by atoms with Crippen LogP contribution in [0.5, 0.6) is 11.5 Å². The number of hydrogen-bond donors (Lipinski definition) is 2. The Labute approximate surface area is 167 Å². The van der Waals surface area contributed by atoms with E-state index in [9.17, 15) is 10.2 Å². The molecule has 0 heterocycles. The van der Waals surface area contributed by atoms with E-state index >= 15 is 0 Å². The predicted octanol–water partition coefficient (Wildman–Crippen LogP) is 6.67. The molecule has 0 aliphatic heterocycles. The van der Waals surface area contributed by atoms with E-state index in [-0.39, 0.29) is 0 Å². The minimum absolute atomic E-state index is 0.306. The first-order chi connectivity index (χ1) is 13.7. The number of phenols is 2. The standard InChI is InChI=1S/C26H28O2/c27-25-15-11-23(12-16-25)21-7-3-19(4-8-21)1-2-20-5-9-22(10-6-20)24-13-17-26(28)18-14-24/h3-4,7-8,11-18,20,22,27-28H,1-2,5-6,9-10H2. The molecule has 0 unspecified atom stereocenters. The van der Waals surface area contributed by atoms with Crippen molar-refractivity contribution < 1.29 is 10.2 Å². The van der Waals surface area contributed by atoms with Gasteiger partial charge in [0, 0.05) is 0 Å². The van der Waals surface area contributed by atoms with E-state index < -0.39 is 0 Å². The van der Waals surface area contributed by atoms with E-state index in [4.69, 9.17) is 0 Å². The summed E-state index contributed by atoms with van der Waals surface area (Å²) in [6.45, 7) is 0. The molecule has 0 bridgehead atoms. The smallest absolute Gasteiger partial charge is 0.115 e. The van der Waals surface area contributed by atoms with Gasteiger partial charge in [0.25, 0.3) is 0 Å². The first-order valence-electron chi connectivity index (χ1n) is 10.3. The second-order valence-corrected chi connectivity index (χ2v) is 8.09. The largest absolute Gasteiger partial charge is 0.508 e. The van der Waals surface area contributed by atoms with Crippen molar-refractivity contribution >= 4 is 0 Å². The molecule has 1 saturated carbocycles. The van der Waals surface area contributed by atoms with Crippen molar-refractivity contribution in [1.29, 1.82) is 0 Å². The summed E-state index contributed by atoms with van der Waals surface area (Å²) in [5.74, 6) is 2.14. The molecule has 3 aromatic rings. The van der Waals surface area contributed by atoms with Gasteiger partial charge in [-0.25, -0.2) is 0 Å².